The minimum Gasteiger partial charge on any atom is -0.436 e. The summed E-state index contributed by atoms with van der Waals surface area (Å²) in [4.78, 5) is 0. The van der Waals surface area contributed by atoms with Gasteiger partial charge in [0.15, 0.2) is 0 Å². The third-order valence-corrected chi connectivity index (χ3v) is 2.07. The number of nitrogens with zero attached hydrogens (tertiary/aromatic N) is 2. The van der Waals surface area contributed by atoms with Gasteiger partial charge in [0.25, 0.3) is 0 Å². The van der Waals surface area contributed by atoms with Gasteiger partial charge in [-0.05, 0) is 33.2 Å². The first-order chi connectivity index (χ1) is 7.33. The van der Waals surface area contributed by atoms with E-state index in [0.29, 0.717) is 0 Å². The Morgan fingerprint density at radius 2 is 1.47 bits per heavy atom. The number of nitrogens with one attached hydrogen (secondary N) is 1. The van der Waals surface area contributed by atoms with Gasteiger partial charge in [-0.25, -0.2) is 0 Å². The molecule has 3 nitrogen and oxygen atoms in total. The van der Waals surface area contributed by atoms with E-state index in [4.69, 9.17) is 0 Å². The van der Waals surface area contributed by atoms with Crippen LogP contribution in [0.2, 0.25) is 0 Å². The second-order valence-electron chi connectivity index (χ2n) is 3.22. The van der Waals surface area contributed by atoms with E-state index in [1.54, 1.807) is 0 Å². The topological polar surface area (TPSA) is 18.5 Å². The monoisotopic (exact) mass is 199 g/mol. The van der Waals surface area contributed by atoms with Crippen LogP contribution in [-0.2, 0) is 0 Å². The van der Waals surface area contributed by atoms with Crippen LogP contribution in [-0.4, -0.2) is 31.5 Å². The highest BCUT2D eigenvalue weighted by atomic mass is 15.2. The molecule has 1 saturated heterocycles. The van der Waals surface area contributed by atoms with Crippen LogP contribution in [0.1, 0.15) is 20.8 Å². The van der Waals surface area contributed by atoms with Gasteiger partial charge >= 0.3 is 22.1 Å². The average molecular weight is 199 g/mol. The van der Waals surface area contributed by atoms with Crippen molar-refractivity contribution in [2.45, 2.75) is 20.8 Å². The molecule has 0 unspecified atom stereocenters. The summed E-state index contributed by atoms with van der Waals surface area (Å²) in [6.45, 7) is 6.27. The summed E-state index contributed by atoms with van der Waals surface area (Å²) in [5.41, 5.74) is 0. The Bertz CT molecular complexity index is 245. The Hall–Kier alpha value is -1.03. The van der Waals surface area contributed by atoms with Crippen LogP contribution < -0.4 is 5.14 Å². The third kappa shape index (κ3) is 3.24. The third-order valence-electron chi connectivity index (χ3n) is 2.07. The van der Waals surface area contributed by atoms with Gasteiger partial charge in [-0.1, -0.05) is 24.2 Å². The van der Waals surface area contributed by atoms with E-state index in [0.717, 1.165) is 0 Å². The van der Waals surface area contributed by atoms with Crippen molar-refractivity contribution in [1.82, 2.24) is 14.6 Å². The molecule has 2 radical (unpaired) electrons. The van der Waals surface area contributed by atoms with Gasteiger partial charge in [0, 0.05) is 0 Å². The molecule has 1 rings (SSSR count). The van der Waals surface area contributed by atoms with Crippen LogP contribution in [0.4, 0.5) is 0 Å². The predicted octanol–water partition coefficient (Wildman–Crippen LogP) is 0.933. The van der Waals surface area contributed by atoms with Gasteiger partial charge in [0.05, 0.1) is 0 Å². The molecule has 0 aliphatic carbocycles. The van der Waals surface area contributed by atoms with Crippen molar-refractivity contribution in [3.05, 3.63) is 36.6 Å². The predicted molar refractivity (Wildman–Crippen MR) is 68.5 cm³/mol. The first-order valence-electron chi connectivity index (χ1n) is 5.19. The maximum absolute atomic E-state index is 3.11. The molecular formula is C9H16B3N3. The Kier molecular flexibility index (Phi) is 5.19. The molecule has 0 aromatic heterocycles. The van der Waals surface area contributed by atoms with Gasteiger partial charge < -0.3 is 14.6 Å². The van der Waals surface area contributed by atoms with Gasteiger partial charge in [0.1, 0.15) is 0 Å². The molecule has 6 heteroatoms. The van der Waals surface area contributed by atoms with Gasteiger partial charge in [-0.2, -0.15) is 0 Å². The quantitative estimate of drug-likeness (QED) is 0.681. The molecule has 1 heterocycles. The number of hydrogen-bond acceptors (Lipinski definition) is 3. The first kappa shape index (κ1) is 12.0. The molecule has 0 atom stereocenters. The van der Waals surface area contributed by atoms with Crippen LogP contribution in [0.3, 0.4) is 0 Å². The summed E-state index contributed by atoms with van der Waals surface area (Å²) >= 11 is 0. The average Bonchev–Trinajstić information content (AvgIpc) is 2.23. The highest BCUT2D eigenvalue weighted by Crippen LogP contribution is 2.06. The Balaban J connectivity index is 2.79. The van der Waals surface area contributed by atoms with Crippen molar-refractivity contribution in [2.24, 2.45) is 0 Å². The Morgan fingerprint density at radius 3 is 1.87 bits per heavy atom. The molecule has 76 valence electrons. The zero-order valence-corrected chi connectivity index (χ0v) is 9.59. The molecule has 1 aliphatic heterocycles. The molecule has 0 saturated carbocycles. The molecule has 1 fully saturated rings. The van der Waals surface area contributed by atoms with Crippen molar-refractivity contribution in [3.8, 4) is 0 Å². The second-order valence-corrected chi connectivity index (χ2v) is 3.22. The van der Waals surface area contributed by atoms with Crippen LogP contribution in [0.5, 0.6) is 0 Å². The lowest BCUT2D eigenvalue weighted by atomic mass is 9.60. The lowest BCUT2D eigenvalue weighted by Gasteiger charge is -2.38. The first-order valence-corrected chi connectivity index (χ1v) is 5.19. The fourth-order valence-electron chi connectivity index (χ4n) is 1.49. The number of rotatable bonds is 3. The van der Waals surface area contributed by atoms with Gasteiger partial charge in [-0.15, -0.1) is 0 Å². The van der Waals surface area contributed by atoms with Gasteiger partial charge in [0.2, 0.25) is 0 Å². The van der Waals surface area contributed by atoms with E-state index in [1.165, 1.54) is 0 Å². The van der Waals surface area contributed by atoms with E-state index < -0.39 is 0 Å². The van der Waals surface area contributed by atoms with Crippen molar-refractivity contribution in [2.75, 3.05) is 0 Å². The number of allylic oxidation sites excluding steroid dienone is 3. The second kappa shape index (κ2) is 6.46. The minimum absolute atomic E-state index is 0.212. The van der Waals surface area contributed by atoms with Crippen molar-refractivity contribution < 1.29 is 0 Å². The highest BCUT2D eigenvalue weighted by Gasteiger charge is 2.29. The smallest absolute Gasteiger partial charge is 0.377 e. The van der Waals surface area contributed by atoms with E-state index in [2.05, 4.69) is 26.6 Å². The molecular weight excluding hydrogens is 183 g/mol. The Morgan fingerprint density at radius 1 is 0.933 bits per heavy atom. The summed E-state index contributed by atoms with van der Waals surface area (Å²) in [6.07, 6.45) is 10.2. The molecule has 1 N–H and O–H groups in total. The van der Waals surface area contributed by atoms with Crippen molar-refractivity contribution in [1.29, 1.82) is 0 Å². The molecule has 0 spiro atoms. The van der Waals surface area contributed by atoms with Crippen LogP contribution in [0.25, 0.3) is 0 Å². The molecule has 0 amide bonds. The molecule has 0 bridgehead atoms. The van der Waals surface area contributed by atoms with Crippen molar-refractivity contribution >= 4 is 22.1 Å². The maximum Gasteiger partial charge on any atom is 0.377 e. The van der Waals surface area contributed by atoms with Gasteiger partial charge in [-0.3, -0.25) is 0 Å². The summed E-state index contributed by atoms with van der Waals surface area (Å²) in [5, 5.41) is 3.11. The van der Waals surface area contributed by atoms with Crippen LogP contribution in [0, 0.1) is 0 Å². The molecule has 1 aliphatic rings. The minimum atomic E-state index is 0.212. The molecule has 15 heavy (non-hydrogen) atoms. The summed E-state index contributed by atoms with van der Waals surface area (Å²) in [5.74, 6) is 2.15. The highest BCUT2D eigenvalue weighted by molar-refractivity contribution is 6.77. The fraction of sp³-hybridized carbons (Fsp3) is 0.333. The zero-order chi connectivity index (χ0) is 11.1. The van der Waals surface area contributed by atoms with E-state index in [9.17, 15) is 0 Å². The van der Waals surface area contributed by atoms with Crippen LogP contribution in [0.15, 0.2) is 36.6 Å². The maximum atomic E-state index is 3.11. The van der Waals surface area contributed by atoms with E-state index >= 15 is 0 Å². The summed E-state index contributed by atoms with van der Waals surface area (Å²) in [7, 11) is 3.90. The van der Waals surface area contributed by atoms with E-state index in [-0.39, 0.29) is 6.98 Å². The van der Waals surface area contributed by atoms with Crippen molar-refractivity contribution in [3.63, 3.8) is 0 Å². The SMILES string of the molecule is CC=CB1N(C=CC)[B]N[B]N1C=CC. The Labute approximate surface area is 94.6 Å². The summed E-state index contributed by atoms with van der Waals surface area (Å²) < 4.78 is 4.22. The molecule has 0 aromatic rings. The lowest BCUT2D eigenvalue weighted by molar-refractivity contribution is 0.739. The number of hydrogen-bond donors (Lipinski definition) is 1. The standard InChI is InChI=1S/C9H16B3N3/c1-4-7-12-14(8-5-2)10-13-11-15(12)9-6-3/h4-9,13H,1-3H3. The fourth-order valence-corrected chi connectivity index (χ4v) is 1.49. The summed E-state index contributed by atoms with van der Waals surface area (Å²) in [6, 6.07) is 0. The zero-order valence-electron chi connectivity index (χ0n) is 9.59. The normalized spacial score (nSPS) is 17.9. The molecule has 0 aromatic carbocycles. The lowest BCUT2D eigenvalue weighted by Crippen LogP contribution is -2.62. The van der Waals surface area contributed by atoms with E-state index in [1.807, 2.05) is 60.4 Å². The largest absolute Gasteiger partial charge is 0.436 e. The van der Waals surface area contributed by atoms with Crippen LogP contribution >= 0.6 is 0 Å².